The normalized spacial score (nSPS) is 17.1. The zero-order chi connectivity index (χ0) is 22.1. The lowest BCUT2D eigenvalue weighted by molar-refractivity contribution is 0.0827. The first-order valence-electron chi connectivity index (χ1n) is 10.6. The van der Waals surface area contributed by atoms with Gasteiger partial charge in [0.25, 0.3) is 0 Å². The van der Waals surface area contributed by atoms with Crippen molar-refractivity contribution >= 4 is 24.3 Å². The van der Waals surface area contributed by atoms with Crippen molar-refractivity contribution in [3.63, 3.8) is 0 Å². The van der Waals surface area contributed by atoms with E-state index in [9.17, 15) is 0 Å². The number of ether oxygens (including phenoxy) is 2. The third-order valence-corrected chi connectivity index (χ3v) is 4.89. The molecule has 5 nitrogen and oxygen atoms in total. The van der Waals surface area contributed by atoms with E-state index in [0.717, 1.165) is 58.4 Å². The molecule has 1 aliphatic carbocycles. The van der Waals surface area contributed by atoms with Gasteiger partial charge in [0.05, 0.1) is 17.1 Å². The third kappa shape index (κ3) is 5.86. The highest BCUT2D eigenvalue weighted by molar-refractivity contribution is 5.74. The lowest BCUT2D eigenvalue weighted by Crippen LogP contribution is -2.31. The van der Waals surface area contributed by atoms with E-state index in [-0.39, 0.29) is 6.10 Å². The molecule has 2 aromatic rings. The van der Waals surface area contributed by atoms with Crippen molar-refractivity contribution in [1.82, 2.24) is 4.57 Å². The van der Waals surface area contributed by atoms with Gasteiger partial charge >= 0.3 is 0 Å². The zero-order valence-corrected chi connectivity index (χ0v) is 19.2. The zero-order valence-electron chi connectivity index (χ0n) is 19.2. The average Bonchev–Trinajstić information content (AvgIpc) is 3.09. The largest absolute Gasteiger partial charge is 0.460 e. The van der Waals surface area contributed by atoms with E-state index >= 15 is 0 Å². The van der Waals surface area contributed by atoms with Crippen LogP contribution in [0, 0.1) is 6.92 Å². The van der Waals surface area contributed by atoms with Crippen LogP contribution in [0.4, 0.5) is 5.69 Å². The number of rotatable bonds is 6. The van der Waals surface area contributed by atoms with Gasteiger partial charge in [-0.1, -0.05) is 26.5 Å². The molecule has 1 unspecified atom stereocenters. The molecule has 3 rings (SSSR count). The Morgan fingerprint density at radius 2 is 2.07 bits per heavy atom. The minimum atomic E-state index is 0.213. The molecular formula is C25H35N3O2. The number of allylic oxidation sites excluding steroid dienone is 1. The second-order valence-electron chi connectivity index (χ2n) is 7.07. The summed E-state index contributed by atoms with van der Waals surface area (Å²) in [7, 11) is 3.74. The van der Waals surface area contributed by atoms with Crippen molar-refractivity contribution in [1.29, 1.82) is 0 Å². The average molecular weight is 410 g/mol. The number of hydrogen-bond donors (Lipinski definition) is 1. The summed E-state index contributed by atoms with van der Waals surface area (Å²) in [5, 5.41) is 5.31. The Labute approximate surface area is 180 Å². The Kier molecular flexibility index (Phi) is 8.93. The van der Waals surface area contributed by atoms with E-state index in [1.165, 1.54) is 0 Å². The summed E-state index contributed by atoms with van der Waals surface area (Å²) in [6.07, 6.45) is 8.91. The number of aromatic nitrogens is 1. The summed E-state index contributed by atoms with van der Waals surface area (Å²) in [6.45, 7) is 12.1. The minimum Gasteiger partial charge on any atom is -0.460 e. The Morgan fingerprint density at radius 1 is 1.30 bits per heavy atom. The lowest BCUT2D eigenvalue weighted by atomic mass is 10.0. The summed E-state index contributed by atoms with van der Waals surface area (Å²) < 4.78 is 13.8. The molecule has 0 saturated carbocycles. The van der Waals surface area contributed by atoms with Gasteiger partial charge in [0.1, 0.15) is 5.76 Å². The number of nitrogens with zero attached hydrogens (tertiary/aromatic N) is 2. The van der Waals surface area contributed by atoms with Crippen molar-refractivity contribution in [3.8, 4) is 5.75 Å². The molecule has 0 amide bonds. The van der Waals surface area contributed by atoms with Crippen molar-refractivity contribution in [3.05, 3.63) is 58.4 Å². The van der Waals surface area contributed by atoms with Crippen LogP contribution in [-0.2, 0) is 11.8 Å². The van der Waals surface area contributed by atoms with E-state index in [1.807, 2.05) is 56.8 Å². The molecule has 0 aliphatic heterocycles. The SMILES string of the molecule is C=c1ccn(C)/c1=C(/N=C\C)Nc1ccc(C)cc1OC1=CCCC(OC)C1.CC. The summed E-state index contributed by atoms with van der Waals surface area (Å²) in [6, 6.07) is 8.11. The molecule has 0 fully saturated rings. The number of aryl methyl sites for hydroxylation is 2. The maximum atomic E-state index is 6.29. The fraction of sp³-hybridized carbons (Fsp3) is 0.400. The van der Waals surface area contributed by atoms with Crippen molar-refractivity contribution < 1.29 is 9.47 Å². The van der Waals surface area contributed by atoms with Gasteiger partial charge in [-0.15, -0.1) is 0 Å². The van der Waals surface area contributed by atoms with E-state index in [2.05, 4.69) is 36.0 Å². The van der Waals surface area contributed by atoms with E-state index < -0.39 is 0 Å². The van der Waals surface area contributed by atoms with E-state index in [1.54, 1.807) is 13.3 Å². The molecular weight excluding hydrogens is 374 g/mol. The van der Waals surface area contributed by atoms with E-state index in [4.69, 9.17) is 9.47 Å². The standard InChI is InChI=1S/C23H29N3O2.C2H6/c1-6-24-23(22-17(3)12-13-26(22)4)25-20-11-10-16(2)14-21(20)28-19-9-7-8-18(15-19)27-5;1-2/h6,9-14,18,25H,3,7-8,15H2,1-2,4-5H3;1-2H3/b23-22-,24-6-;. The highest BCUT2D eigenvalue weighted by atomic mass is 16.5. The van der Waals surface area contributed by atoms with Crippen molar-refractivity contribution in [2.24, 2.45) is 12.0 Å². The number of hydrogen-bond acceptors (Lipinski definition) is 4. The molecule has 162 valence electrons. The Morgan fingerprint density at radius 3 is 2.70 bits per heavy atom. The van der Waals surface area contributed by atoms with Gasteiger partial charge in [-0.3, -0.25) is 0 Å². The molecule has 30 heavy (non-hydrogen) atoms. The second-order valence-corrected chi connectivity index (χ2v) is 7.07. The number of anilines is 1. The summed E-state index contributed by atoms with van der Waals surface area (Å²) in [5.74, 6) is 2.47. The molecule has 1 aromatic heterocycles. The molecule has 5 heteroatoms. The van der Waals surface area contributed by atoms with Gasteiger partial charge in [-0.05, 0) is 61.7 Å². The monoisotopic (exact) mass is 409 g/mol. The summed E-state index contributed by atoms with van der Waals surface area (Å²) >= 11 is 0. The first kappa shape index (κ1) is 23.5. The van der Waals surface area contributed by atoms with Crippen LogP contribution in [-0.4, -0.2) is 24.0 Å². The molecule has 1 atom stereocenters. The topological polar surface area (TPSA) is 47.8 Å². The van der Waals surface area contributed by atoms with Crippen LogP contribution >= 0.6 is 0 Å². The summed E-state index contributed by atoms with van der Waals surface area (Å²) in [5.41, 5.74) is 2.00. The van der Waals surface area contributed by atoms with Gasteiger partial charge in [0.2, 0.25) is 0 Å². The summed E-state index contributed by atoms with van der Waals surface area (Å²) in [4.78, 5) is 4.55. The Hall–Kier alpha value is -2.79. The Bertz CT molecular complexity index is 1000. The third-order valence-electron chi connectivity index (χ3n) is 4.89. The first-order chi connectivity index (χ1) is 14.5. The fourth-order valence-electron chi connectivity index (χ4n) is 3.39. The predicted molar refractivity (Wildman–Crippen MR) is 127 cm³/mol. The molecule has 0 radical (unpaired) electrons. The van der Waals surface area contributed by atoms with Gasteiger partial charge in [0.15, 0.2) is 11.6 Å². The van der Waals surface area contributed by atoms with Crippen molar-refractivity contribution in [2.75, 3.05) is 12.4 Å². The van der Waals surface area contributed by atoms with Gasteiger partial charge < -0.3 is 19.4 Å². The number of aliphatic imine (C=N–C) groups is 1. The molecule has 1 heterocycles. The van der Waals surface area contributed by atoms with Crippen molar-refractivity contribution in [2.45, 2.75) is 53.1 Å². The fourth-order valence-corrected chi connectivity index (χ4v) is 3.39. The molecule has 1 aromatic carbocycles. The lowest BCUT2D eigenvalue weighted by Gasteiger charge is -2.23. The number of nitrogens with one attached hydrogen (secondary N) is 1. The van der Waals surface area contributed by atoms with Crippen LogP contribution in [0.15, 0.2) is 47.3 Å². The van der Waals surface area contributed by atoms with Crippen LogP contribution < -0.4 is 20.6 Å². The Balaban J connectivity index is 0.00000155. The molecule has 0 saturated heterocycles. The maximum absolute atomic E-state index is 6.29. The van der Waals surface area contributed by atoms with Crippen LogP contribution in [0.2, 0.25) is 0 Å². The van der Waals surface area contributed by atoms with Crippen LogP contribution in [0.5, 0.6) is 5.75 Å². The second kappa shape index (κ2) is 11.4. The number of methoxy groups -OCH3 is 1. The molecule has 1 aliphatic rings. The van der Waals surface area contributed by atoms with E-state index in [0.29, 0.717) is 0 Å². The predicted octanol–water partition coefficient (Wildman–Crippen LogP) is 4.50. The maximum Gasteiger partial charge on any atom is 0.154 e. The van der Waals surface area contributed by atoms with Gasteiger partial charge in [-0.25, -0.2) is 4.99 Å². The van der Waals surface area contributed by atoms with Gasteiger partial charge in [0, 0.05) is 33.0 Å². The smallest absolute Gasteiger partial charge is 0.154 e. The highest BCUT2D eigenvalue weighted by Gasteiger charge is 2.18. The van der Waals surface area contributed by atoms with Gasteiger partial charge in [-0.2, -0.15) is 0 Å². The van der Waals surface area contributed by atoms with Crippen LogP contribution in [0.3, 0.4) is 0 Å². The highest BCUT2D eigenvalue weighted by Crippen LogP contribution is 2.31. The number of benzene rings is 1. The quantitative estimate of drug-likeness (QED) is 0.715. The first-order valence-corrected chi connectivity index (χ1v) is 10.6. The van der Waals surface area contributed by atoms with Crippen LogP contribution in [0.1, 0.15) is 45.6 Å². The minimum absolute atomic E-state index is 0.213. The molecule has 0 bridgehead atoms. The molecule has 0 spiro atoms. The van der Waals surface area contributed by atoms with Crippen LogP contribution in [0.25, 0.3) is 12.4 Å². The molecule has 1 N–H and O–H groups in total.